The summed E-state index contributed by atoms with van der Waals surface area (Å²) in [6.45, 7) is 1.91. The molecule has 1 aliphatic carbocycles. The molecule has 1 atom stereocenters. The van der Waals surface area contributed by atoms with Crippen LogP contribution < -0.4 is 10.6 Å². The van der Waals surface area contributed by atoms with E-state index in [4.69, 9.17) is 10.2 Å². The fourth-order valence-electron chi connectivity index (χ4n) is 3.94. The summed E-state index contributed by atoms with van der Waals surface area (Å²) in [6, 6.07) is 7.75. The smallest absolute Gasteiger partial charge is 0.292 e. The van der Waals surface area contributed by atoms with Gasteiger partial charge in [0.25, 0.3) is 6.01 Å². The van der Waals surface area contributed by atoms with E-state index in [1.54, 1.807) is 11.9 Å². The van der Waals surface area contributed by atoms with Crippen molar-refractivity contribution in [3.05, 3.63) is 46.8 Å². The topological polar surface area (TPSA) is 101 Å². The summed E-state index contributed by atoms with van der Waals surface area (Å²) in [6.07, 6.45) is 0. The number of aryl methyl sites for hydroxylation is 1. The van der Waals surface area contributed by atoms with Crippen LogP contribution in [0.2, 0.25) is 0 Å². The van der Waals surface area contributed by atoms with Crippen LogP contribution in [0.5, 0.6) is 0 Å². The largest absolute Gasteiger partial charge is 0.423 e. The average molecular weight is 307 g/mol. The molecule has 3 aromatic rings. The lowest BCUT2D eigenvalue weighted by Gasteiger charge is -2.24. The number of nitrogens with one attached hydrogen (secondary N) is 1. The second-order valence-electron chi connectivity index (χ2n) is 5.94. The predicted octanol–water partition coefficient (Wildman–Crippen LogP) is 1.58. The predicted molar refractivity (Wildman–Crippen MR) is 83.0 cm³/mol. The Balaban J connectivity index is 2.00. The molecule has 0 radical (unpaired) electrons. The lowest BCUT2D eigenvalue weighted by atomic mass is 9.75. The fraction of sp³-hybridized carbons (Fsp3) is 0.188. The van der Waals surface area contributed by atoms with Gasteiger partial charge in [-0.3, -0.25) is 14.8 Å². The van der Waals surface area contributed by atoms with E-state index < -0.39 is 5.41 Å². The number of aromatic amines is 1. The second-order valence-corrected chi connectivity index (χ2v) is 5.94. The second kappa shape index (κ2) is 3.62. The van der Waals surface area contributed by atoms with E-state index >= 15 is 0 Å². The highest BCUT2D eigenvalue weighted by Crippen LogP contribution is 2.58. The number of hydrogen-bond acceptors (Lipinski definition) is 5. The first-order valence-electron chi connectivity index (χ1n) is 7.27. The van der Waals surface area contributed by atoms with E-state index in [1.807, 2.05) is 31.2 Å². The minimum atomic E-state index is -1.03. The zero-order valence-electron chi connectivity index (χ0n) is 12.5. The molecule has 7 heteroatoms. The number of nitrogen functional groups attached to an aromatic ring is 1. The molecule has 2 aliphatic rings. The number of carbonyl (C=O) groups excluding carboxylic acids is 1. The number of nitrogens with two attached hydrogens (primary N) is 1. The van der Waals surface area contributed by atoms with Crippen LogP contribution >= 0.6 is 0 Å². The van der Waals surface area contributed by atoms with Crippen molar-refractivity contribution >= 4 is 17.7 Å². The molecule has 1 unspecified atom stereocenters. The lowest BCUT2D eigenvalue weighted by molar-refractivity contribution is -0.120. The highest BCUT2D eigenvalue weighted by molar-refractivity contribution is 6.15. The van der Waals surface area contributed by atoms with Gasteiger partial charge >= 0.3 is 0 Å². The first kappa shape index (κ1) is 12.5. The molecule has 1 aromatic carbocycles. The zero-order chi connectivity index (χ0) is 15.9. The number of likely N-dealkylation sites (N-methyl/N-ethyl adjacent to an activating group) is 1. The van der Waals surface area contributed by atoms with E-state index in [0.717, 1.165) is 22.4 Å². The van der Waals surface area contributed by atoms with Crippen LogP contribution in [0.3, 0.4) is 0 Å². The Morgan fingerprint density at radius 1 is 1.35 bits per heavy atom. The Morgan fingerprint density at radius 2 is 2.13 bits per heavy atom. The lowest BCUT2D eigenvalue weighted by Crippen LogP contribution is -2.40. The van der Waals surface area contributed by atoms with E-state index in [9.17, 15) is 4.79 Å². The van der Waals surface area contributed by atoms with E-state index in [1.165, 1.54) is 0 Å². The van der Waals surface area contributed by atoms with Crippen molar-refractivity contribution in [1.29, 1.82) is 0 Å². The third kappa shape index (κ3) is 1.14. The van der Waals surface area contributed by atoms with Crippen molar-refractivity contribution in [2.75, 3.05) is 17.7 Å². The number of benzene rings is 1. The molecule has 3 heterocycles. The molecule has 114 valence electrons. The Labute approximate surface area is 131 Å². The van der Waals surface area contributed by atoms with Crippen molar-refractivity contribution in [3.8, 4) is 11.3 Å². The summed E-state index contributed by atoms with van der Waals surface area (Å²) >= 11 is 0. The molecule has 0 saturated carbocycles. The Bertz CT molecular complexity index is 1000. The highest BCUT2D eigenvalue weighted by Gasteiger charge is 2.62. The number of oxazole rings is 1. The molecule has 1 aliphatic heterocycles. The van der Waals surface area contributed by atoms with Gasteiger partial charge in [-0.1, -0.05) is 24.3 Å². The van der Waals surface area contributed by atoms with Crippen LogP contribution in [0.1, 0.15) is 22.5 Å². The normalized spacial score (nSPS) is 21.0. The standard InChI is InChI=1S/C16H13N5O2/c1-7-10-13(20-19-7)21(2)14(22)16(10)9-6-4-3-5-8(9)11-12(16)18-15(17)23-11/h3-6H,1-2H3,(H2,17,18)(H,19,20). The van der Waals surface area contributed by atoms with Gasteiger partial charge in [0.15, 0.2) is 17.0 Å². The molecular weight excluding hydrogens is 294 g/mol. The molecule has 23 heavy (non-hydrogen) atoms. The number of aromatic nitrogens is 3. The summed E-state index contributed by atoms with van der Waals surface area (Å²) in [5.41, 5.74) is 8.67. The summed E-state index contributed by atoms with van der Waals surface area (Å²) in [5, 5.41) is 7.27. The number of anilines is 2. The Hall–Kier alpha value is -3.09. The summed E-state index contributed by atoms with van der Waals surface area (Å²) in [7, 11) is 1.72. The molecule has 1 spiro atoms. The van der Waals surface area contributed by atoms with E-state index in [-0.39, 0.29) is 11.9 Å². The number of amides is 1. The molecule has 0 saturated heterocycles. The molecular formula is C16H13N5O2. The van der Waals surface area contributed by atoms with Crippen LogP contribution in [0.4, 0.5) is 11.8 Å². The first-order chi connectivity index (χ1) is 11.1. The van der Waals surface area contributed by atoms with Gasteiger partial charge in [0.1, 0.15) is 5.69 Å². The van der Waals surface area contributed by atoms with Crippen molar-refractivity contribution in [3.63, 3.8) is 0 Å². The zero-order valence-corrected chi connectivity index (χ0v) is 12.5. The molecule has 0 bridgehead atoms. The highest BCUT2D eigenvalue weighted by atomic mass is 16.4. The van der Waals surface area contributed by atoms with Crippen LogP contribution in [0.15, 0.2) is 28.7 Å². The number of fused-ring (bicyclic) bond motifs is 7. The molecule has 3 N–H and O–H groups in total. The van der Waals surface area contributed by atoms with Crippen LogP contribution in [0.25, 0.3) is 11.3 Å². The van der Waals surface area contributed by atoms with Crippen molar-refractivity contribution in [2.24, 2.45) is 0 Å². The third-order valence-electron chi connectivity index (χ3n) is 4.82. The third-order valence-corrected chi connectivity index (χ3v) is 4.82. The number of hydrogen-bond donors (Lipinski definition) is 2. The molecule has 7 nitrogen and oxygen atoms in total. The molecule has 2 aromatic heterocycles. The van der Waals surface area contributed by atoms with Gasteiger partial charge in [0.05, 0.1) is 0 Å². The van der Waals surface area contributed by atoms with Gasteiger partial charge in [-0.2, -0.15) is 10.1 Å². The maximum Gasteiger partial charge on any atom is 0.292 e. The Morgan fingerprint density at radius 3 is 2.96 bits per heavy atom. The van der Waals surface area contributed by atoms with Gasteiger partial charge in [0, 0.05) is 23.9 Å². The number of carbonyl (C=O) groups is 1. The maximum absolute atomic E-state index is 13.3. The Kier molecular flexibility index (Phi) is 1.96. The van der Waals surface area contributed by atoms with Gasteiger partial charge in [0.2, 0.25) is 5.91 Å². The van der Waals surface area contributed by atoms with Crippen LogP contribution in [-0.2, 0) is 10.2 Å². The first-order valence-corrected chi connectivity index (χ1v) is 7.27. The molecule has 0 fully saturated rings. The van der Waals surface area contributed by atoms with E-state index in [0.29, 0.717) is 17.3 Å². The van der Waals surface area contributed by atoms with Gasteiger partial charge < -0.3 is 10.2 Å². The van der Waals surface area contributed by atoms with Crippen molar-refractivity contribution in [1.82, 2.24) is 15.2 Å². The summed E-state index contributed by atoms with van der Waals surface area (Å²) in [4.78, 5) is 19.2. The number of rotatable bonds is 0. The molecule has 1 amide bonds. The number of H-pyrrole nitrogens is 1. The summed E-state index contributed by atoms with van der Waals surface area (Å²) < 4.78 is 5.62. The van der Waals surface area contributed by atoms with Crippen molar-refractivity contribution < 1.29 is 9.21 Å². The fourth-order valence-corrected chi connectivity index (χ4v) is 3.94. The van der Waals surface area contributed by atoms with Crippen LogP contribution in [0, 0.1) is 6.92 Å². The average Bonchev–Trinajstić information content (AvgIpc) is 3.22. The molecule has 5 rings (SSSR count). The van der Waals surface area contributed by atoms with Gasteiger partial charge in [-0.15, -0.1) is 0 Å². The van der Waals surface area contributed by atoms with Crippen LogP contribution in [-0.4, -0.2) is 28.1 Å². The quantitative estimate of drug-likeness (QED) is 0.656. The van der Waals surface area contributed by atoms with Gasteiger partial charge in [-0.25, -0.2) is 0 Å². The van der Waals surface area contributed by atoms with Gasteiger partial charge in [-0.05, 0) is 12.5 Å². The SMILES string of the molecule is Cc1[nH]nc2c1C1(C(=O)N2C)c2ccccc2-c2oc(N)nc21. The van der Waals surface area contributed by atoms with Crippen molar-refractivity contribution in [2.45, 2.75) is 12.3 Å². The summed E-state index contributed by atoms with van der Waals surface area (Å²) in [5.74, 6) is 1.09. The monoisotopic (exact) mass is 307 g/mol. The maximum atomic E-state index is 13.3. The minimum absolute atomic E-state index is 0.0638. The number of nitrogens with zero attached hydrogens (tertiary/aromatic N) is 3. The van der Waals surface area contributed by atoms with E-state index in [2.05, 4.69) is 15.2 Å². The minimum Gasteiger partial charge on any atom is -0.423 e.